The number of hydrogen-bond donors (Lipinski definition) is 1. The van der Waals surface area contributed by atoms with Gasteiger partial charge in [-0.3, -0.25) is 0 Å². The lowest BCUT2D eigenvalue weighted by atomic mass is 9.87. The molecule has 1 aliphatic heterocycles. The first-order valence-corrected chi connectivity index (χ1v) is 10.9. The highest BCUT2D eigenvalue weighted by atomic mass is 32.1. The normalized spacial score (nSPS) is 15.6. The second-order valence-electron chi connectivity index (χ2n) is 7.36. The lowest BCUT2D eigenvalue weighted by Gasteiger charge is -2.26. The molecule has 32 heavy (non-hydrogen) atoms. The van der Waals surface area contributed by atoms with Crippen LogP contribution in [0, 0.1) is 0 Å². The number of aromatic nitrogens is 1. The molecule has 2 N–H and O–H groups in total. The van der Waals surface area contributed by atoms with E-state index >= 15 is 0 Å². The van der Waals surface area contributed by atoms with E-state index in [1.165, 1.54) is 11.3 Å². The molecule has 0 unspecified atom stereocenters. The fraction of sp³-hybridized carbons (Fsp3) is 0.0400. The fourth-order valence-corrected chi connectivity index (χ4v) is 4.96. The van der Waals surface area contributed by atoms with Crippen LogP contribution in [0.5, 0.6) is 5.75 Å². The second-order valence-corrected chi connectivity index (χ2v) is 8.22. The van der Waals surface area contributed by atoms with Crippen molar-refractivity contribution in [2.24, 2.45) is 5.73 Å². The van der Waals surface area contributed by atoms with Crippen molar-refractivity contribution < 1.29 is 13.6 Å². The summed E-state index contributed by atoms with van der Waals surface area (Å²) in [7, 11) is 0. The van der Waals surface area contributed by atoms with E-state index in [9.17, 15) is 4.79 Å². The summed E-state index contributed by atoms with van der Waals surface area (Å²) in [6.45, 7) is 0. The largest absolute Gasteiger partial charge is 0.468 e. The van der Waals surface area contributed by atoms with Crippen LogP contribution in [0.2, 0.25) is 0 Å². The van der Waals surface area contributed by atoms with Crippen molar-refractivity contribution in [2.75, 3.05) is 0 Å². The van der Waals surface area contributed by atoms with Gasteiger partial charge in [-0.15, -0.1) is 11.3 Å². The SMILES string of the molecule is NC1=C(c2nc(-c3ccccc3)cs2)[C@@H](c2ccco2)c2c(c3ccccc3oc2=O)O1. The summed E-state index contributed by atoms with van der Waals surface area (Å²) < 4.78 is 17.4. The fourth-order valence-electron chi connectivity index (χ4n) is 4.05. The number of nitrogens with zero attached hydrogens (tertiary/aromatic N) is 1. The molecular weight excluding hydrogens is 424 g/mol. The minimum Gasteiger partial charge on any atom is -0.468 e. The quantitative estimate of drug-likeness (QED) is 0.380. The molecule has 6 rings (SSSR count). The Balaban J connectivity index is 1.59. The Morgan fingerprint density at radius 2 is 1.78 bits per heavy atom. The van der Waals surface area contributed by atoms with Crippen LogP contribution in [-0.2, 0) is 0 Å². The molecule has 0 fully saturated rings. The lowest BCUT2D eigenvalue weighted by molar-refractivity contribution is 0.390. The lowest BCUT2D eigenvalue weighted by Crippen LogP contribution is -2.26. The third-order valence-electron chi connectivity index (χ3n) is 5.49. The molecule has 7 heteroatoms. The van der Waals surface area contributed by atoms with Gasteiger partial charge in [-0.2, -0.15) is 0 Å². The van der Waals surface area contributed by atoms with Crippen LogP contribution in [0.25, 0.3) is 27.8 Å². The van der Waals surface area contributed by atoms with Crippen LogP contribution in [0.1, 0.15) is 22.2 Å². The first kappa shape index (κ1) is 18.7. The number of rotatable bonds is 3. The van der Waals surface area contributed by atoms with Gasteiger partial charge in [0.25, 0.3) is 0 Å². The number of nitrogens with two attached hydrogens (primary N) is 1. The highest BCUT2D eigenvalue weighted by Crippen LogP contribution is 2.48. The molecule has 1 atom stereocenters. The number of allylic oxidation sites excluding steroid dienone is 1. The molecule has 0 saturated heterocycles. The molecule has 3 aromatic heterocycles. The minimum atomic E-state index is -0.607. The number of ether oxygens (including phenoxy) is 1. The maximum Gasteiger partial charge on any atom is 0.344 e. The van der Waals surface area contributed by atoms with Crippen molar-refractivity contribution in [3.05, 3.63) is 111 Å². The Kier molecular flexibility index (Phi) is 4.22. The average Bonchev–Trinajstić information content (AvgIpc) is 3.51. The highest BCUT2D eigenvalue weighted by molar-refractivity contribution is 7.11. The minimum absolute atomic E-state index is 0.184. The van der Waals surface area contributed by atoms with Gasteiger partial charge in [-0.25, -0.2) is 9.78 Å². The average molecular weight is 440 g/mol. The van der Waals surface area contributed by atoms with E-state index in [-0.39, 0.29) is 5.88 Å². The number of para-hydroxylation sites is 1. The molecular formula is C25H16N2O4S. The van der Waals surface area contributed by atoms with Crippen LogP contribution in [0.3, 0.4) is 0 Å². The molecule has 4 heterocycles. The van der Waals surface area contributed by atoms with Crippen LogP contribution in [0.4, 0.5) is 0 Å². The van der Waals surface area contributed by atoms with Crippen molar-refractivity contribution in [3.63, 3.8) is 0 Å². The van der Waals surface area contributed by atoms with E-state index in [0.717, 1.165) is 11.3 Å². The summed E-state index contributed by atoms with van der Waals surface area (Å²) in [5, 5.41) is 3.29. The molecule has 0 spiro atoms. The van der Waals surface area contributed by atoms with Crippen molar-refractivity contribution in [1.29, 1.82) is 0 Å². The number of fused-ring (bicyclic) bond motifs is 3. The standard InChI is InChI=1S/C25H16N2O4S/c26-23-21(24-27-16(13-32-24)14-7-2-1-3-8-14)19(18-11-6-12-29-18)20-22(31-23)15-9-4-5-10-17(15)30-25(20)28/h1-13,19H,26H2/t19-/m0/s1. The molecule has 0 amide bonds. The molecule has 5 aromatic rings. The first-order chi connectivity index (χ1) is 15.7. The Morgan fingerprint density at radius 3 is 2.59 bits per heavy atom. The Hall–Kier alpha value is -4.10. The third-order valence-corrected chi connectivity index (χ3v) is 6.36. The third kappa shape index (κ3) is 2.86. The topological polar surface area (TPSA) is 91.5 Å². The van der Waals surface area contributed by atoms with E-state index in [0.29, 0.717) is 38.6 Å². The van der Waals surface area contributed by atoms with Crippen LogP contribution in [0.15, 0.2) is 97.9 Å². The van der Waals surface area contributed by atoms with Gasteiger partial charge in [0.15, 0.2) is 11.6 Å². The van der Waals surface area contributed by atoms with Crippen molar-refractivity contribution in [2.45, 2.75) is 5.92 Å². The van der Waals surface area contributed by atoms with E-state index < -0.39 is 11.5 Å². The van der Waals surface area contributed by atoms with Gasteiger partial charge in [0.2, 0.25) is 0 Å². The zero-order valence-corrected chi connectivity index (χ0v) is 17.5. The predicted molar refractivity (Wildman–Crippen MR) is 122 cm³/mol. The number of hydrogen-bond acceptors (Lipinski definition) is 7. The summed E-state index contributed by atoms with van der Waals surface area (Å²) in [4.78, 5) is 17.9. The molecule has 0 aliphatic carbocycles. The highest BCUT2D eigenvalue weighted by Gasteiger charge is 2.38. The van der Waals surface area contributed by atoms with Crippen molar-refractivity contribution in [1.82, 2.24) is 4.98 Å². The Labute approximate surface area is 186 Å². The smallest absolute Gasteiger partial charge is 0.344 e. The monoisotopic (exact) mass is 440 g/mol. The second kappa shape index (κ2) is 7.25. The van der Waals surface area contributed by atoms with Crippen LogP contribution >= 0.6 is 11.3 Å². The molecule has 0 radical (unpaired) electrons. The summed E-state index contributed by atoms with van der Waals surface area (Å²) in [5.41, 5.74) is 9.15. The van der Waals surface area contributed by atoms with Gasteiger partial charge >= 0.3 is 5.63 Å². The predicted octanol–water partition coefficient (Wildman–Crippen LogP) is 5.36. The van der Waals surface area contributed by atoms with E-state index in [1.807, 2.05) is 53.9 Å². The Morgan fingerprint density at radius 1 is 0.969 bits per heavy atom. The number of benzene rings is 2. The van der Waals surface area contributed by atoms with Gasteiger partial charge in [-0.1, -0.05) is 42.5 Å². The van der Waals surface area contributed by atoms with Crippen molar-refractivity contribution in [3.8, 4) is 17.0 Å². The number of furan rings is 1. The van der Waals surface area contributed by atoms with Gasteiger partial charge in [0.1, 0.15) is 16.4 Å². The maximum absolute atomic E-state index is 13.1. The van der Waals surface area contributed by atoms with E-state index in [1.54, 1.807) is 24.5 Å². The van der Waals surface area contributed by atoms with Crippen molar-refractivity contribution >= 4 is 27.9 Å². The van der Waals surface area contributed by atoms with Crippen LogP contribution in [-0.4, -0.2) is 4.98 Å². The molecule has 0 saturated carbocycles. The summed E-state index contributed by atoms with van der Waals surface area (Å²) in [6.07, 6.45) is 1.57. The van der Waals surface area contributed by atoms with Crippen LogP contribution < -0.4 is 16.1 Å². The zero-order valence-electron chi connectivity index (χ0n) is 16.6. The molecule has 1 aliphatic rings. The summed E-state index contributed by atoms with van der Waals surface area (Å²) >= 11 is 1.44. The molecule has 156 valence electrons. The van der Waals surface area contributed by atoms with Gasteiger partial charge in [0, 0.05) is 10.9 Å². The molecule has 6 nitrogen and oxygen atoms in total. The summed E-state index contributed by atoms with van der Waals surface area (Å²) in [6, 6.07) is 20.7. The maximum atomic E-state index is 13.1. The Bertz CT molecular complexity index is 1530. The summed E-state index contributed by atoms with van der Waals surface area (Å²) in [5.74, 6) is 0.527. The number of thiazole rings is 1. The van der Waals surface area contributed by atoms with Gasteiger partial charge in [0.05, 0.1) is 34.4 Å². The molecule has 2 aromatic carbocycles. The van der Waals surface area contributed by atoms with Gasteiger partial charge in [-0.05, 0) is 24.3 Å². The zero-order chi connectivity index (χ0) is 21.7. The van der Waals surface area contributed by atoms with E-state index in [2.05, 4.69) is 0 Å². The molecule has 0 bridgehead atoms. The van der Waals surface area contributed by atoms with Gasteiger partial charge < -0.3 is 19.3 Å². The van der Waals surface area contributed by atoms with E-state index in [4.69, 9.17) is 24.3 Å². The first-order valence-electron chi connectivity index (χ1n) is 9.98.